The molecule has 3 rings (SSSR count). The van der Waals surface area contributed by atoms with Gasteiger partial charge in [-0.05, 0) is 55.5 Å². The summed E-state index contributed by atoms with van der Waals surface area (Å²) < 4.78 is 63.1. The molecule has 3 saturated carbocycles. The minimum Gasteiger partial charge on any atom is -0.542 e. The Morgan fingerprint density at radius 2 is 0.727 bits per heavy atom. The molecule has 3 aliphatic rings. The summed E-state index contributed by atoms with van der Waals surface area (Å²) in [6, 6.07) is 0. The van der Waals surface area contributed by atoms with Gasteiger partial charge in [-0.3, -0.25) is 0 Å². The van der Waals surface area contributed by atoms with Crippen LogP contribution in [0.2, 0.25) is 0 Å². The molecule has 0 unspecified atom stereocenters. The van der Waals surface area contributed by atoms with Crippen molar-refractivity contribution in [2.24, 2.45) is 0 Å². The molecule has 196 valence electrons. The third kappa shape index (κ3) is 12.8. The normalized spacial score (nSPS) is 20.7. The van der Waals surface area contributed by atoms with Crippen LogP contribution in [0.15, 0.2) is 0 Å². The predicted octanol–water partition coefficient (Wildman–Crippen LogP) is 4.67. The number of alkyl halides is 6. The van der Waals surface area contributed by atoms with Gasteiger partial charge in [0.1, 0.15) is 11.9 Å². The van der Waals surface area contributed by atoms with Gasteiger partial charge in [0.15, 0.2) is 0 Å². The van der Waals surface area contributed by atoms with E-state index in [-0.39, 0.29) is 20.4 Å². The predicted molar refractivity (Wildman–Crippen MR) is 105 cm³/mol. The minimum atomic E-state index is -5.19. The summed E-state index contributed by atoms with van der Waals surface area (Å²) in [5.41, 5.74) is 3.59. The minimum absolute atomic E-state index is 0. The van der Waals surface area contributed by atoms with Gasteiger partial charge >= 0.3 is 32.8 Å². The van der Waals surface area contributed by atoms with Crippen LogP contribution in [0.3, 0.4) is 0 Å². The maximum atomic E-state index is 10.5. The fourth-order valence-corrected chi connectivity index (χ4v) is 9.53. The van der Waals surface area contributed by atoms with Crippen molar-refractivity contribution in [3.63, 3.8) is 0 Å². The molecule has 0 aromatic rings. The molecule has 4 nitrogen and oxygen atoms in total. The van der Waals surface area contributed by atoms with Crippen LogP contribution in [-0.2, 0) is 30.0 Å². The number of rotatable bonds is 3. The Kier molecular flexibility index (Phi) is 15.4. The molecule has 0 amide bonds. The van der Waals surface area contributed by atoms with Crippen LogP contribution in [0.25, 0.3) is 0 Å². The maximum Gasteiger partial charge on any atom is 2.00 e. The average molecular weight is 599 g/mol. The first-order valence-corrected chi connectivity index (χ1v) is 12.7. The molecule has 0 radical (unpaired) electrons. The number of carboxylic acid groups (broad SMARTS) is 2. The van der Waals surface area contributed by atoms with Gasteiger partial charge in [0, 0.05) is 0 Å². The van der Waals surface area contributed by atoms with Crippen molar-refractivity contribution in [1.29, 1.82) is 0 Å². The summed E-state index contributed by atoms with van der Waals surface area (Å²) in [5.74, 6) is -6.01. The van der Waals surface area contributed by atoms with Gasteiger partial charge in [0.05, 0.1) is 0 Å². The van der Waals surface area contributed by atoms with Crippen LogP contribution in [0.4, 0.5) is 26.3 Å². The molecule has 0 spiro atoms. The molecule has 0 aromatic heterocycles. The zero-order valence-electron chi connectivity index (χ0n) is 18.3. The average Bonchev–Trinajstić information content (AvgIpc) is 3.24. The first kappa shape index (κ1) is 32.6. The van der Waals surface area contributed by atoms with Gasteiger partial charge in [0.25, 0.3) is 0 Å². The van der Waals surface area contributed by atoms with Gasteiger partial charge in [-0.1, -0.05) is 59.3 Å². The molecule has 0 aromatic carbocycles. The number of aliphatic carboxylic acids is 2. The molecule has 12 heteroatoms. The summed E-state index contributed by atoms with van der Waals surface area (Å²) >= 11 is 0. The van der Waals surface area contributed by atoms with Crippen LogP contribution in [-0.4, -0.2) is 41.3 Å². The zero-order chi connectivity index (χ0) is 24.4. The Labute approximate surface area is 205 Å². The number of hydrogen-bond donors (Lipinski definition) is 0. The van der Waals surface area contributed by atoms with Crippen LogP contribution in [0, 0.1) is 0 Å². The first-order valence-electron chi connectivity index (χ1n) is 11.2. The second-order valence-electron chi connectivity index (χ2n) is 8.54. The van der Waals surface area contributed by atoms with Crippen molar-refractivity contribution in [3.8, 4) is 0 Å². The van der Waals surface area contributed by atoms with Crippen molar-refractivity contribution in [2.75, 3.05) is 0 Å². The Balaban J connectivity index is 0.000000574. The van der Waals surface area contributed by atoms with E-state index in [1.807, 2.05) is 0 Å². The Bertz CT molecular complexity index is 528. The summed E-state index contributed by atoms with van der Waals surface area (Å²) in [6.07, 6.45) is 11.7. The number of hydrogen-bond acceptors (Lipinski definition) is 4. The molecule has 0 atom stereocenters. The van der Waals surface area contributed by atoms with E-state index < -0.39 is 24.3 Å². The standard InChI is InChI=1S/C17H31P.2C2HF3O2.Pd/c1-3-9-15(10-4-1)18(17-13-7-8-14-17)16-11-5-2-6-12-16;2*3-2(4,5)1(6)7;/h15-17H,1-14H2;2*(H,6,7);/q;;;+2/p-2. The van der Waals surface area contributed by atoms with E-state index >= 15 is 0 Å². The van der Waals surface area contributed by atoms with Crippen molar-refractivity contribution in [3.05, 3.63) is 0 Å². The van der Waals surface area contributed by atoms with Crippen molar-refractivity contribution >= 4 is 19.9 Å². The largest absolute Gasteiger partial charge is 2.00 e. The Hall–Kier alpha value is -0.388. The van der Waals surface area contributed by atoms with Crippen LogP contribution in [0.5, 0.6) is 0 Å². The third-order valence-corrected chi connectivity index (χ3v) is 10.3. The summed E-state index contributed by atoms with van der Waals surface area (Å²) in [6.45, 7) is 0. The number of carbonyl (C=O) groups is 2. The van der Waals surface area contributed by atoms with E-state index in [4.69, 9.17) is 19.8 Å². The first-order chi connectivity index (χ1) is 14.8. The van der Waals surface area contributed by atoms with E-state index in [1.165, 1.54) is 29.8 Å². The van der Waals surface area contributed by atoms with Crippen LogP contribution >= 0.6 is 7.92 Å². The molecule has 0 saturated heterocycles. The molecular weight excluding hydrogens is 568 g/mol. The second-order valence-corrected chi connectivity index (χ2v) is 11.6. The number of halogens is 6. The Morgan fingerprint density at radius 3 is 0.909 bits per heavy atom. The van der Waals surface area contributed by atoms with Gasteiger partial charge in [-0.25, -0.2) is 0 Å². The fraction of sp³-hybridized carbons (Fsp3) is 0.905. The van der Waals surface area contributed by atoms with Crippen LogP contribution < -0.4 is 10.2 Å². The quantitative estimate of drug-likeness (QED) is 0.269. The second kappa shape index (κ2) is 15.6. The van der Waals surface area contributed by atoms with Crippen molar-refractivity contribution < 1.29 is 66.6 Å². The molecule has 0 bridgehead atoms. The third-order valence-electron chi connectivity index (χ3n) is 6.20. The van der Waals surface area contributed by atoms with E-state index in [0.29, 0.717) is 7.92 Å². The monoisotopic (exact) mass is 598 g/mol. The molecule has 33 heavy (non-hydrogen) atoms. The summed E-state index contributed by atoms with van der Waals surface area (Å²) in [4.78, 5) is 17.6. The SMILES string of the molecule is C1CCC(P(C2CCCCC2)C2CCCC2)CC1.O=C([O-])C(F)(F)F.O=C([O-])C(F)(F)F.[Pd+2]. The van der Waals surface area contributed by atoms with Crippen LogP contribution in [0.1, 0.15) is 89.9 Å². The van der Waals surface area contributed by atoms with E-state index in [2.05, 4.69) is 0 Å². The fourth-order valence-electron chi connectivity index (χ4n) is 4.86. The van der Waals surface area contributed by atoms with Crippen molar-refractivity contribution in [1.82, 2.24) is 0 Å². The van der Waals surface area contributed by atoms with Crippen molar-refractivity contribution in [2.45, 2.75) is 119 Å². The van der Waals surface area contributed by atoms with Gasteiger partial charge in [-0.15, -0.1) is 0 Å². The molecule has 3 aliphatic carbocycles. The Morgan fingerprint density at radius 1 is 0.545 bits per heavy atom. The number of carbonyl (C=O) groups excluding carboxylic acids is 2. The zero-order valence-corrected chi connectivity index (χ0v) is 20.7. The van der Waals surface area contributed by atoms with Gasteiger partial charge in [-0.2, -0.15) is 26.3 Å². The molecule has 3 fully saturated rings. The summed E-state index contributed by atoms with van der Waals surface area (Å²) in [5, 5.41) is 17.6. The van der Waals surface area contributed by atoms with E-state index in [1.54, 1.807) is 77.0 Å². The summed E-state index contributed by atoms with van der Waals surface area (Å²) in [7, 11) is 0.402. The van der Waals surface area contributed by atoms with E-state index in [9.17, 15) is 26.3 Å². The molecule has 0 heterocycles. The molecule has 0 aliphatic heterocycles. The topological polar surface area (TPSA) is 80.3 Å². The molecular formula is C21H31F6O4PPd. The maximum absolute atomic E-state index is 10.5. The molecule has 0 N–H and O–H groups in total. The van der Waals surface area contributed by atoms with Gasteiger partial charge in [0.2, 0.25) is 0 Å². The number of carboxylic acids is 2. The van der Waals surface area contributed by atoms with E-state index in [0.717, 1.165) is 0 Å². The smallest absolute Gasteiger partial charge is 0.542 e. The van der Waals surface area contributed by atoms with Gasteiger partial charge < -0.3 is 19.8 Å².